The highest BCUT2D eigenvalue weighted by Gasteiger charge is 2.28. The van der Waals surface area contributed by atoms with Gasteiger partial charge in [0.05, 0.1) is 6.54 Å². The number of nitrogens with one attached hydrogen (secondary N) is 1. The molecule has 4 nitrogen and oxygen atoms in total. The first kappa shape index (κ1) is 16.0. The largest absolute Gasteiger partial charge is 0.480 e. The van der Waals surface area contributed by atoms with Crippen molar-refractivity contribution >= 4 is 21.8 Å². The second-order valence-corrected chi connectivity index (χ2v) is 6.82. The number of para-hydroxylation sites is 1. The van der Waals surface area contributed by atoms with Gasteiger partial charge < -0.3 is 14.5 Å². The van der Waals surface area contributed by atoms with Crippen molar-refractivity contribution in [2.24, 2.45) is 0 Å². The van der Waals surface area contributed by atoms with Crippen molar-refractivity contribution in [1.29, 1.82) is 0 Å². The summed E-state index contributed by atoms with van der Waals surface area (Å²) < 4.78 is 12.5. The molecule has 2 heterocycles. The third-order valence-electron chi connectivity index (χ3n) is 4.17. The van der Waals surface area contributed by atoms with Crippen molar-refractivity contribution < 1.29 is 13.9 Å². The van der Waals surface area contributed by atoms with Gasteiger partial charge in [-0.2, -0.15) is 0 Å². The first-order valence-electron chi connectivity index (χ1n) is 8.06. The number of hydrogen-bond donors (Lipinski definition) is 1. The fraction of sp³-hybridized carbons (Fsp3) is 0.150. The second-order valence-electron chi connectivity index (χ2n) is 5.91. The van der Waals surface area contributed by atoms with Gasteiger partial charge in [0, 0.05) is 16.5 Å². The van der Waals surface area contributed by atoms with Crippen LogP contribution in [-0.4, -0.2) is 12.0 Å². The molecule has 0 spiro atoms. The van der Waals surface area contributed by atoms with Gasteiger partial charge >= 0.3 is 0 Å². The molecule has 4 rings (SSSR count). The molecule has 1 amide bonds. The number of carbonyl (C=O) groups excluding carboxylic acids is 1. The Morgan fingerprint density at radius 1 is 1.08 bits per heavy atom. The van der Waals surface area contributed by atoms with E-state index in [1.807, 2.05) is 60.7 Å². The van der Waals surface area contributed by atoms with Crippen molar-refractivity contribution in [2.45, 2.75) is 19.1 Å². The third-order valence-corrected chi connectivity index (χ3v) is 4.70. The van der Waals surface area contributed by atoms with Crippen LogP contribution in [-0.2, 0) is 17.8 Å². The summed E-state index contributed by atoms with van der Waals surface area (Å²) in [5, 5.41) is 2.88. The Morgan fingerprint density at radius 3 is 2.68 bits per heavy atom. The number of carbonyl (C=O) groups is 1. The lowest BCUT2D eigenvalue weighted by molar-refractivity contribution is -0.127. The van der Waals surface area contributed by atoms with Gasteiger partial charge in [-0.25, -0.2) is 0 Å². The average molecular weight is 398 g/mol. The molecule has 1 aromatic heterocycles. The predicted molar refractivity (Wildman–Crippen MR) is 98.3 cm³/mol. The highest BCUT2D eigenvalue weighted by atomic mass is 79.9. The Labute approximate surface area is 153 Å². The van der Waals surface area contributed by atoms with Crippen molar-refractivity contribution in [3.8, 4) is 17.1 Å². The smallest absolute Gasteiger partial charge is 0.261 e. The second kappa shape index (κ2) is 6.76. The zero-order valence-corrected chi connectivity index (χ0v) is 15.0. The highest BCUT2D eigenvalue weighted by molar-refractivity contribution is 9.10. The molecule has 5 heteroatoms. The van der Waals surface area contributed by atoms with Crippen LogP contribution in [0.5, 0.6) is 5.75 Å². The fourth-order valence-electron chi connectivity index (χ4n) is 2.86. The fourth-order valence-corrected chi connectivity index (χ4v) is 3.12. The van der Waals surface area contributed by atoms with Gasteiger partial charge in [-0.15, -0.1) is 0 Å². The number of ether oxygens (including phenoxy) is 1. The number of fused-ring (bicyclic) bond motifs is 1. The first-order valence-corrected chi connectivity index (χ1v) is 8.85. The summed E-state index contributed by atoms with van der Waals surface area (Å²) in [6.07, 6.45) is 0.128. The Hall–Kier alpha value is -2.53. The number of amides is 1. The molecule has 0 bridgehead atoms. The van der Waals surface area contributed by atoms with Gasteiger partial charge in [-0.3, -0.25) is 4.79 Å². The van der Waals surface area contributed by atoms with Gasteiger partial charge in [0.25, 0.3) is 5.91 Å². The minimum absolute atomic E-state index is 0.127. The van der Waals surface area contributed by atoms with Crippen molar-refractivity contribution in [3.63, 3.8) is 0 Å². The van der Waals surface area contributed by atoms with Crippen LogP contribution in [0.25, 0.3) is 11.3 Å². The molecule has 1 aliphatic rings. The summed E-state index contributed by atoms with van der Waals surface area (Å²) in [5.74, 6) is 2.15. The molecule has 0 saturated carbocycles. The van der Waals surface area contributed by atoms with E-state index in [2.05, 4.69) is 21.2 Å². The van der Waals surface area contributed by atoms with E-state index in [0.717, 1.165) is 27.1 Å². The van der Waals surface area contributed by atoms with E-state index in [1.54, 1.807) is 0 Å². The normalized spacial score (nSPS) is 15.5. The van der Waals surface area contributed by atoms with Crippen LogP contribution < -0.4 is 10.1 Å². The minimum atomic E-state index is -0.474. The summed E-state index contributed by atoms with van der Waals surface area (Å²) in [7, 11) is 0. The van der Waals surface area contributed by atoms with E-state index in [0.29, 0.717) is 18.7 Å². The highest BCUT2D eigenvalue weighted by Crippen LogP contribution is 2.28. The van der Waals surface area contributed by atoms with Gasteiger partial charge in [0.2, 0.25) is 0 Å². The Bertz CT molecular complexity index is 876. The van der Waals surface area contributed by atoms with Crippen LogP contribution in [0.3, 0.4) is 0 Å². The maximum Gasteiger partial charge on any atom is 0.261 e. The first-order chi connectivity index (χ1) is 12.2. The molecule has 1 aliphatic heterocycles. The quantitative estimate of drug-likeness (QED) is 0.712. The average Bonchev–Trinajstić information content (AvgIpc) is 3.27. The molecule has 2 aromatic carbocycles. The number of halogens is 1. The zero-order valence-electron chi connectivity index (χ0n) is 13.4. The van der Waals surface area contributed by atoms with Crippen LogP contribution >= 0.6 is 15.9 Å². The molecule has 3 aromatic rings. The van der Waals surface area contributed by atoms with E-state index < -0.39 is 6.10 Å². The molecule has 1 atom stereocenters. The Morgan fingerprint density at radius 2 is 1.88 bits per heavy atom. The van der Waals surface area contributed by atoms with Gasteiger partial charge in [-0.1, -0.05) is 46.3 Å². The maximum atomic E-state index is 12.3. The molecular weight excluding hydrogens is 382 g/mol. The van der Waals surface area contributed by atoms with Gasteiger partial charge in [0.15, 0.2) is 6.10 Å². The Kier molecular flexibility index (Phi) is 4.32. The summed E-state index contributed by atoms with van der Waals surface area (Å²) in [6.45, 7) is 0.339. The van der Waals surface area contributed by atoms with Gasteiger partial charge in [0.1, 0.15) is 17.3 Å². The molecule has 0 unspecified atom stereocenters. The standard InChI is InChI=1S/C20H16BrNO3/c21-15-7-5-13(6-8-15)18-10-9-16(24-18)12-22-20(23)19-11-14-3-1-2-4-17(14)25-19/h1-10,19H,11-12H2,(H,22,23)/t19-/m0/s1. The number of furan rings is 1. The van der Waals surface area contributed by atoms with Gasteiger partial charge in [-0.05, 0) is 35.9 Å². The maximum absolute atomic E-state index is 12.3. The van der Waals surface area contributed by atoms with Crippen LogP contribution in [0.2, 0.25) is 0 Å². The van der Waals surface area contributed by atoms with Crippen LogP contribution in [0, 0.1) is 0 Å². The monoisotopic (exact) mass is 397 g/mol. The molecule has 0 radical (unpaired) electrons. The van der Waals surface area contributed by atoms with Crippen molar-refractivity contribution in [3.05, 3.63) is 76.5 Å². The molecule has 0 fully saturated rings. The lowest BCUT2D eigenvalue weighted by Gasteiger charge is -2.10. The predicted octanol–water partition coefficient (Wildman–Crippen LogP) is 4.33. The summed E-state index contributed by atoms with van der Waals surface area (Å²) >= 11 is 3.42. The van der Waals surface area contributed by atoms with E-state index in [4.69, 9.17) is 9.15 Å². The topological polar surface area (TPSA) is 51.5 Å². The van der Waals surface area contributed by atoms with E-state index in [9.17, 15) is 4.79 Å². The number of hydrogen-bond acceptors (Lipinski definition) is 3. The number of rotatable bonds is 4. The summed E-state index contributed by atoms with van der Waals surface area (Å²) in [5.41, 5.74) is 2.06. The minimum Gasteiger partial charge on any atom is -0.480 e. The molecule has 1 N–H and O–H groups in total. The van der Waals surface area contributed by atoms with E-state index >= 15 is 0 Å². The molecular formula is C20H16BrNO3. The molecule has 0 saturated heterocycles. The van der Waals surface area contributed by atoms with E-state index in [1.165, 1.54) is 0 Å². The number of benzene rings is 2. The van der Waals surface area contributed by atoms with Crippen LogP contribution in [0.15, 0.2) is 69.6 Å². The molecule has 25 heavy (non-hydrogen) atoms. The third kappa shape index (κ3) is 3.46. The zero-order chi connectivity index (χ0) is 17.2. The molecule has 0 aliphatic carbocycles. The Balaban J connectivity index is 1.36. The van der Waals surface area contributed by atoms with Crippen LogP contribution in [0.4, 0.5) is 0 Å². The van der Waals surface area contributed by atoms with E-state index in [-0.39, 0.29) is 5.91 Å². The molecule has 126 valence electrons. The van der Waals surface area contributed by atoms with Crippen LogP contribution in [0.1, 0.15) is 11.3 Å². The lowest BCUT2D eigenvalue weighted by Crippen LogP contribution is -2.36. The summed E-state index contributed by atoms with van der Waals surface area (Å²) in [6, 6.07) is 19.4. The van der Waals surface area contributed by atoms with Crippen molar-refractivity contribution in [2.75, 3.05) is 0 Å². The lowest BCUT2D eigenvalue weighted by atomic mass is 10.1. The SMILES string of the molecule is O=C(NCc1ccc(-c2ccc(Br)cc2)o1)[C@@H]1Cc2ccccc2O1. The van der Waals surface area contributed by atoms with Crippen molar-refractivity contribution in [1.82, 2.24) is 5.32 Å². The summed E-state index contributed by atoms with van der Waals surface area (Å²) in [4.78, 5) is 12.3.